The topological polar surface area (TPSA) is 184 Å². The summed E-state index contributed by atoms with van der Waals surface area (Å²) in [4.78, 5) is 57.8. The number of rotatable bonds is 13. The molecule has 2 saturated carbocycles. The number of anilines is 4. The van der Waals surface area contributed by atoms with Crippen LogP contribution in [-0.4, -0.2) is 108 Å². The van der Waals surface area contributed by atoms with Gasteiger partial charge in [0.15, 0.2) is 22.9 Å². The Morgan fingerprint density at radius 3 is 2.07 bits per heavy atom. The molecule has 362 valence electrons. The van der Waals surface area contributed by atoms with Crippen LogP contribution in [0.4, 0.5) is 27.4 Å². The first-order chi connectivity index (χ1) is 33.9. The number of benzene rings is 2. The zero-order chi connectivity index (χ0) is 47.9. The fourth-order valence-electron chi connectivity index (χ4n) is 10.4. The van der Waals surface area contributed by atoms with Gasteiger partial charge in [-0.25, -0.2) is 28.8 Å². The van der Waals surface area contributed by atoms with Gasteiger partial charge in [-0.15, -0.1) is 16.4 Å². The van der Waals surface area contributed by atoms with Crippen molar-refractivity contribution in [1.29, 1.82) is 0 Å². The number of nitrogens with one attached hydrogen (secondary N) is 4. The van der Waals surface area contributed by atoms with Crippen molar-refractivity contribution in [3.8, 4) is 5.19 Å². The molecule has 17 nitrogen and oxygen atoms in total. The lowest BCUT2D eigenvalue weighted by Gasteiger charge is -2.35. The molecule has 2 aliphatic heterocycles. The maximum atomic E-state index is 16.9. The third-order valence-electron chi connectivity index (χ3n) is 14.0. The van der Waals surface area contributed by atoms with Crippen LogP contribution in [0.3, 0.4) is 0 Å². The summed E-state index contributed by atoms with van der Waals surface area (Å²) in [5.74, 6) is -0.948. The molecule has 2 aliphatic carbocycles. The van der Waals surface area contributed by atoms with Crippen LogP contribution in [0.1, 0.15) is 105 Å². The van der Waals surface area contributed by atoms with Gasteiger partial charge in [-0.05, 0) is 102 Å². The van der Waals surface area contributed by atoms with Crippen molar-refractivity contribution in [1.82, 2.24) is 49.6 Å². The molecule has 6 aromatic heterocycles. The molecular weight excluding hydrogens is 928 g/mol. The molecule has 0 radical (unpaired) electrons. The second kappa shape index (κ2) is 17.8. The summed E-state index contributed by atoms with van der Waals surface area (Å²) in [6.07, 6.45) is 14.4. The average Bonchev–Trinajstić information content (AvgIpc) is 4.13. The van der Waals surface area contributed by atoms with Gasteiger partial charge in [0.05, 0.1) is 73.5 Å². The van der Waals surface area contributed by atoms with Crippen LogP contribution in [0.15, 0.2) is 36.8 Å². The van der Waals surface area contributed by atoms with E-state index >= 15 is 4.39 Å². The predicted molar refractivity (Wildman–Crippen MR) is 272 cm³/mol. The van der Waals surface area contributed by atoms with E-state index in [1.54, 1.807) is 30.1 Å². The standard InChI is InChI=1S/C50H55FN14O3S2/c1-25-18-37(61-65-23-27(3)53-46(25)65)57-49(67)40-35(51)21-36(62-14-10-32(11-15-62)54-30-6-7-30)42-44(40)69-39(59-42)20-29-19-34(48(66)58-38-24-64-22-26(2)52-28(4)47(64)56-38)41-45(70-50(60-41)68-5)43(29)63-16-12-33(13-17-63)55-31-8-9-31/h18-19,21-24,30-33,54-55H,6-17,20H2,1-5H3,(H,58,66)(H,57,61,67). The number of hydrogen-bond donors (Lipinski definition) is 4. The van der Waals surface area contributed by atoms with Crippen LogP contribution in [0.2, 0.25) is 0 Å². The van der Waals surface area contributed by atoms with Gasteiger partial charge in [-0.2, -0.15) is 0 Å². The third-order valence-corrected chi connectivity index (χ3v) is 16.1. The fraction of sp³-hybridized carbons (Fsp3) is 0.440. The molecule has 2 saturated heterocycles. The highest BCUT2D eigenvalue weighted by Crippen LogP contribution is 2.44. The van der Waals surface area contributed by atoms with Crippen LogP contribution in [0.25, 0.3) is 31.7 Å². The van der Waals surface area contributed by atoms with Gasteiger partial charge >= 0.3 is 0 Å². The van der Waals surface area contributed by atoms with E-state index in [-0.39, 0.29) is 17.3 Å². The van der Waals surface area contributed by atoms with Crippen molar-refractivity contribution < 1.29 is 18.7 Å². The van der Waals surface area contributed by atoms with Gasteiger partial charge in [0.1, 0.15) is 16.9 Å². The lowest BCUT2D eigenvalue weighted by atomic mass is 9.99. The van der Waals surface area contributed by atoms with Gasteiger partial charge in [-0.1, -0.05) is 11.3 Å². The van der Waals surface area contributed by atoms with E-state index in [4.69, 9.17) is 19.7 Å². The molecule has 4 aliphatic rings. The predicted octanol–water partition coefficient (Wildman–Crippen LogP) is 7.91. The monoisotopic (exact) mass is 982 g/mol. The maximum Gasteiger partial charge on any atom is 0.274 e. The normalized spacial score (nSPS) is 17.2. The highest BCUT2D eigenvalue weighted by atomic mass is 32.1. The Hall–Kier alpha value is -6.35. The molecule has 0 atom stereocenters. The number of halogens is 1. The second-order valence-electron chi connectivity index (χ2n) is 19.5. The van der Waals surface area contributed by atoms with Gasteiger partial charge in [-0.3, -0.25) is 14.6 Å². The summed E-state index contributed by atoms with van der Waals surface area (Å²) < 4.78 is 27.5. The number of imidazole rings is 2. The minimum absolute atomic E-state index is 0.0876. The third kappa shape index (κ3) is 8.68. The number of methoxy groups -OCH3 is 1. The van der Waals surface area contributed by atoms with E-state index in [0.717, 1.165) is 90.5 Å². The average molecular weight is 983 g/mol. The van der Waals surface area contributed by atoms with E-state index in [1.807, 2.05) is 44.4 Å². The van der Waals surface area contributed by atoms with E-state index in [0.29, 0.717) is 84.9 Å². The Bertz CT molecular complexity index is 3380. The number of amides is 2. The summed E-state index contributed by atoms with van der Waals surface area (Å²) in [6.45, 7) is 10.7. The summed E-state index contributed by atoms with van der Waals surface area (Å²) in [5.41, 5.74) is 8.43. The number of aryl methyl sites for hydroxylation is 4. The lowest BCUT2D eigenvalue weighted by Crippen LogP contribution is -2.43. The summed E-state index contributed by atoms with van der Waals surface area (Å²) in [7, 11) is 1.59. The smallest absolute Gasteiger partial charge is 0.274 e. The molecule has 8 heterocycles. The van der Waals surface area contributed by atoms with E-state index in [2.05, 4.69) is 46.1 Å². The van der Waals surface area contributed by atoms with Gasteiger partial charge < -0.3 is 40.2 Å². The highest BCUT2D eigenvalue weighted by molar-refractivity contribution is 7.21. The Kier molecular flexibility index (Phi) is 11.4. The molecule has 2 aromatic carbocycles. The van der Waals surface area contributed by atoms with E-state index in [1.165, 1.54) is 54.4 Å². The number of carbonyl (C=O) groups excluding carboxylic acids is 2. The Balaban J connectivity index is 0.955. The number of aromatic nitrogens is 8. The molecule has 0 bridgehead atoms. The molecule has 8 aromatic rings. The zero-order valence-corrected chi connectivity index (χ0v) is 41.5. The first-order valence-electron chi connectivity index (χ1n) is 24.3. The Morgan fingerprint density at radius 2 is 1.37 bits per heavy atom. The van der Waals surface area contributed by atoms with Crippen LogP contribution in [-0.2, 0) is 6.42 Å². The minimum Gasteiger partial charge on any atom is -0.473 e. The number of nitrogens with zero attached hydrogens (tertiary/aromatic N) is 10. The SMILES string of the molecule is COc1nc2c(C(=O)Nc3cn4cc(C)nc(C)c4n3)cc(Cc3nc4c(N5CCC(NC6CC6)CC5)cc(F)c(C(=O)Nc5cc(C)c6nc(C)cn6n5)c4s3)c(N3CCC(NC4CC4)CC3)c2s1. The molecular formula is C50H55FN14O3S2. The number of hydrogen-bond acceptors (Lipinski definition) is 15. The largest absolute Gasteiger partial charge is 0.473 e. The van der Waals surface area contributed by atoms with E-state index in [9.17, 15) is 9.59 Å². The fourth-order valence-corrected chi connectivity index (χ4v) is 12.5. The second-order valence-corrected chi connectivity index (χ2v) is 21.6. The Morgan fingerprint density at radius 1 is 0.700 bits per heavy atom. The van der Waals surface area contributed by atoms with Crippen LogP contribution in [0.5, 0.6) is 5.19 Å². The van der Waals surface area contributed by atoms with Crippen LogP contribution >= 0.6 is 22.7 Å². The molecule has 2 amide bonds. The number of carbonyl (C=O) groups is 2. The lowest BCUT2D eigenvalue weighted by molar-refractivity contribution is 0.101. The van der Waals surface area contributed by atoms with Crippen LogP contribution in [0, 0.1) is 33.5 Å². The summed E-state index contributed by atoms with van der Waals surface area (Å²) >= 11 is 2.72. The number of fused-ring (bicyclic) bond motifs is 4. The van der Waals surface area contributed by atoms with Crippen LogP contribution < -0.4 is 35.8 Å². The minimum atomic E-state index is -0.627. The Labute approximate surface area is 411 Å². The van der Waals surface area contributed by atoms with Gasteiger partial charge in [0.2, 0.25) is 0 Å². The molecule has 4 fully saturated rings. The van der Waals surface area contributed by atoms with E-state index < -0.39 is 11.7 Å². The first-order valence-corrected chi connectivity index (χ1v) is 26.0. The summed E-state index contributed by atoms with van der Waals surface area (Å²) in [5, 5.41) is 19.3. The molecule has 20 heteroatoms. The first kappa shape index (κ1) is 44.8. The molecule has 12 rings (SSSR count). The summed E-state index contributed by atoms with van der Waals surface area (Å²) in [6, 6.07) is 7.20. The number of ether oxygens (including phenoxy) is 1. The number of piperidine rings is 2. The van der Waals surface area contributed by atoms with Crippen molar-refractivity contribution in [3.05, 3.63) is 87.0 Å². The van der Waals surface area contributed by atoms with Crippen molar-refractivity contribution in [2.45, 2.75) is 110 Å². The number of thiazole rings is 2. The quantitative estimate of drug-likeness (QED) is 0.0875. The van der Waals surface area contributed by atoms with Gasteiger partial charge in [0.25, 0.3) is 17.0 Å². The molecule has 0 spiro atoms. The molecule has 4 N–H and O–H groups in total. The molecule has 70 heavy (non-hydrogen) atoms. The molecule has 0 unspecified atom stereocenters. The van der Waals surface area contributed by atoms with Crippen molar-refractivity contribution >= 4 is 89.2 Å². The highest BCUT2D eigenvalue weighted by Gasteiger charge is 2.33. The van der Waals surface area contributed by atoms with Crippen molar-refractivity contribution in [2.24, 2.45) is 0 Å². The van der Waals surface area contributed by atoms with Gasteiger partial charge in [0, 0.05) is 69.0 Å². The van der Waals surface area contributed by atoms with Crippen molar-refractivity contribution in [3.63, 3.8) is 0 Å². The maximum absolute atomic E-state index is 16.9. The van der Waals surface area contributed by atoms with Crippen molar-refractivity contribution in [2.75, 3.05) is 53.7 Å². The zero-order valence-electron chi connectivity index (χ0n) is 39.9.